The van der Waals surface area contributed by atoms with Crippen LogP contribution < -0.4 is 11.1 Å². The highest BCUT2D eigenvalue weighted by molar-refractivity contribution is 5.94. The van der Waals surface area contributed by atoms with E-state index in [4.69, 9.17) is 10.5 Å². The highest BCUT2D eigenvalue weighted by Crippen LogP contribution is 2.28. The summed E-state index contributed by atoms with van der Waals surface area (Å²) < 4.78 is 4.75. The molecule has 0 amide bonds. The van der Waals surface area contributed by atoms with E-state index in [9.17, 15) is 4.79 Å². The van der Waals surface area contributed by atoms with E-state index in [0.29, 0.717) is 29.9 Å². The molecule has 0 aromatic carbocycles. The molecule has 1 aromatic rings. The second kappa shape index (κ2) is 5.82. The fourth-order valence-corrected chi connectivity index (χ4v) is 2.48. The third-order valence-corrected chi connectivity index (χ3v) is 3.50. The monoisotopic (exact) mass is 249 g/mol. The molecule has 2 unspecified atom stereocenters. The van der Waals surface area contributed by atoms with Gasteiger partial charge in [0.05, 0.1) is 7.11 Å². The van der Waals surface area contributed by atoms with Crippen LogP contribution in [0.5, 0.6) is 0 Å². The molecule has 0 bridgehead atoms. The molecule has 0 saturated heterocycles. The molecule has 0 radical (unpaired) electrons. The zero-order valence-corrected chi connectivity index (χ0v) is 10.6. The van der Waals surface area contributed by atoms with Crippen LogP contribution in [0.1, 0.15) is 29.6 Å². The average molecular weight is 249 g/mol. The lowest BCUT2D eigenvalue weighted by Crippen LogP contribution is -2.30. The van der Waals surface area contributed by atoms with Crippen LogP contribution in [0.4, 0.5) is 5.82 Å². The number of rotatable bonds is 4. The van der Waals surface area contributed by atoms with Crippen LogP contribution >= 0.6 is 0 Å². The molecule has 1 aliphatic carbocycles. The summed E-state index contributed by atoms with van der Waals surface area (Å²) in [6, 6.07) is 3.74. The average Bonchev–Trinajstić information content (AvgIpc) is 2.86. The quantitative estimate of drug-likeness (QED) is 0.789. The van der Waals surface area contributed by atoms with Crippen molar-refractivity contribution in [2.75, 3.05) is 19.0 Å². The molecule has 0 aliphatic heterocycles. The van der Waals surface area contributed by atoms with Crippen LogP contribution in [0.2, 0.25) is 0 Å². The number of hydrogen-bond acceptors (Lipinski definition) is 5. The molecule has 98 valence electrons. The maximum absolute atomic E-state index is 11.6. The highest BCUT2D eigenvalue weighted by atomic mass is 16.5. The number of aromatic nitrogens is 1. The highest BCUT2D eigenvalue weighted by Gasteiger charge is 2.27. The van der Waals surface area contributed by atoms with Crippen LogP contribution in [-0.2, 0) is 4.74 Å². The van der Waals surface area contributed by atoms with Gasteiger partial charge in [0.1, 0.15) is 11.4 Å². The van der Waals surface area contributed by atoms with Crippen molar-refractivity contribution in [2.45, 2.75) is 25.3 Å². The third-order valence-electron chi connectivity index (χ3n) is 3.50. The van der Waals surface area contributed by atoms with Crippen molar-refractivity contribution in [1.29, 1.82) is 0 Å². The van der Waals surface area contributed by atoms with E-state index in [1.165, 1.54) is 13.5 Å². The predicted octanol–water partition coefficient (Wildman–Crippen LogP) is 1.41. The molecule has 5 nitrogen and oxygen atoms in total. The molecule has 5 heteroatoms. The van der Waals surface area contributed by atoms with Crippen LogP contribution in [0, 0.1) is 5.92 Å². The van der Waals surface area contributed by atoms with Gasteiger partial charge in [-0.3, -0.25) is 0 Å². The number of nitrogens with two attached hydrogens (primary N) is 1. The molecule has 1 aromatic heterocycles. The largest absolute Gasteiger partial charge is 0.465 e. The molecule has 18 heavy (non-hydrogen) atoms. The Morgan fingerprint density at radius 3 is 3.17 bits per heavy atom. The molecule has 1 fully saturated rings. The van der Waals surface area contributed by atoms with Crippen molar-refractivity contribution in [2.24, 2.45) is 11.7 Å². The zero-order valence-electron chi connectivity index (χ0n) is 10.6. The van der Waals surface area contributed by atoms with Gasteiger partial charge >= 0.3 is 5.97 Å². The first-order valence-corrected chi connectivity index (χ1v) is 6.26. The predicted molar refractivity (Wildman–Crippen MR) is 69.4 cm³/mol. The molecule has 2 atom stereocenters. The van der Waals surface area contributed by atoms with Crippen molar-refractivity contribution >= 4 is 11.8 Å². The number of ether oxygens (including phenoxy) is 1. The van der Waals surface area contributed by atoms with Crippen molar-refractivity contribution in [3.8, 4) is 0 Å². The van der Waals surface area contributed by atoms with E-state index in [2.05, 4.69) is 10.3 Å². The van der Waals surface area contributed by atoms with Crippen LogP contribution in [0.3, 0.4) is 0 Å². The van der Waals surface area contributed by atoms with Crippen molar-refractivity contribution < 1.29 is 9.53 Å². The van der Waals surface area contributed by atoms with Crippen LogP contribution in [0.25, 0.3) is 0 Å². The zero-order chi connectivity index (χ0) is 13.0. The van der Waals surface area contributed by atoms with E-state index < -0.39 is 0 Å². The molecule has 0 spiro atoms. The summed E-state index contributed by atoms with van der Waals surface area (Å²) in [5, 5.41) is 3.33. The Kier molecular flexibility index (Phi) is 4.15. The Morgan fingerprint density at radius 1 is 1.61 bits per heavy atom. The number of esters is 1. The Hall–Kier alpha value is -1.62. The molecule has 2 rings (SSSR count). The second-order valence-corrected chi connectivity index (χ2v) is 4.57. The number of hydrogen-bond donors (Lipinski definition) is 2. The Bertz CT molecular complexity index is 422. The first-order valence-electron chi connectivity index (χ1n) is 6.26. The smallest absolute Gasteiger partial charge is 0.341 e. The Morgan fingerprint density at radius 2 is 2.44 bits per heavy atom. The summed E-state index contributed by atoms with van der Waals surface area (Å²) in [4.78, 5) is 15.9. The van der Waals surface area contributed by atoms with Gasteiger partial charge in [-0.15, -0.1) is 0 Å². The number of pyridine rings is 1. The minimum Gasteiger partial charge on any atom is -0.465 e. The van der Waals surface area contributed by atoms with Crippen molar-refractivity contribution in [3.63, 3.8) is 0 Å². The normalized spacial score (nSPS) is 22.8. The van der Waals surface area contributed by atoms with Gasteiger partial charge in [0.15, 0.2) is 0 Å². The first kappa shape index (κ1) is 12.8. The van der Waals surface area contributed by atoms with Gasteiger partial charge in [0, 0.05) is 12.2 Å². The van der Waals surface area contributed by atoms with Gasteiger partial charge in [-0.05, 0) is 37.4 Å². The molecule has 1 heterocycles. The maximum Gasteiger partial charge on any atom is 0.341 e. The van der Waals surface area contributed by atoms with E-state index in [0.717, 1.165) is 12.8 Å². The maximum atomic E-state index is 11.6. The van der Waals surface area contributed by atoms with Gasteiger partial charge in [-0.2, -0.15) is 0 Å². The summed E-state index contributed by atoms with van der Waals surface area (Å²) in [6.07, 6.45) is 5.04. The molecule has 1 saturated carbocycles. The summed E-state index contributed by atoms with van der Waals surface area (Å²) in [6.45, 7) is 0.665. The van der Waals surface area contributed by atoms with Crippen LogP contribution in [-0.4, -0.2) is 30.6 Å². The Labute approximate surface area is 107 Å². The summed E-state index contributed by atoms with van der Waals surface area (Å²) in [5.74, 6) is 0.681. The molecule has 1 aliphatic rings. The topological polar surface area (TPSA) is 77.2 Å². The van der Waals surface area contributed by atoms with Crippen molar-refractivity contribution in [3.05, 3.63) is 23.9 Å². The standard InChI is InChI=1S/C13H19N3O2/c1-18-13(17)10-5-3-7-15-12(10)16-11-6-2-4-9(11)8-14/h3,5,7,9,11H,2,4,6,8,14H2,1H3,(H,15,16). The molecule has 3 N–H and O–H groups in total. The minimum atomic E-state index is -0.368. The van der Waals surface area contributed by atoms with Crippen molar-refractivity contribution in [1.82, 2.24) is 4.98 Å². The van der Waals surface area contributed by atoms with Gasteiger partial charge in [-0.1, -0.05) is 6.42 Å². The fraction of sp³-hybridized carbons (Fsp3) is 0.538. The van der Waals surface area contributed by atoms with E-state index in [-0.39, 0.29) is 5.97 Å². The van der Waals surface area contributed by atoms with Gasteiger partial charge < -0.3 is 15.8 Å². The SMILES string of the molecule is COC(=O)c1cccnc1NC1CCCC1CN. The minimum absolute atomic E-state index is 0.299. The van der Waals surface area contributed by atoms with E-state index >= 15 is 0 Å². The first-order chi connectivity index (χ1) is 8.76. The summed E-state index contributed by atoms with van der Waals surface area (Å²) >= 11 is 0. The number of nitrogens with one attached hydrogen (secondary N) is 1. The Balaban J connectivity index is 2.16. The lowest BCUT2D eigenvalue weighted by Gasteiger charge is -2.21. The fourth-order valence-electron chi connectivity index (χ4n) is 2.48. The second-order valence-electron chi connectivity index (χ2n) is 4.57. The van der Waals surface area contributed by atoms with E-state index in [1.54, 1.807) is 18.3 Å². The number of carbonyl (C=O) groups excluding carboxylic acids is 1. The lowest BCUT2D eigenvalue weighted by atomic mass is 10.0. The number of nitrogens with zero attached hydrogens (tertiary/aromatic N) is 1. The molecular formula is C13H19N3O2. The third kappa shape index (κ3) is 2.61. The van der Waals surface area contributed by atoms with Gasteiger partial charge in [-0.25, -0.2) is 9.78 Å². The van der Waals surface area contributed by atoms with Crippen LogP contribution in [0.15, 0.2) is 18.3 Å². The van der Waals surface area contributed by atoms with E-state index in [1.807, 2.05) is 0 Å². The number of methoxy groups -OCH3 is 1. The molecular weight excluding hydrogens is 230 g/mol. The number of carbonyl (C=O) groups is 1. The number of anilines is 1. The summed E-state index contributed by atoms with van der Waals surface area (Å²) in [5.41, 5.74) is 6.22. The van der Waals surface area contributed by atoms with Gasteiger partial charge in [0.2, 0.25) is 0 Å². The lowest BCUT2D eigenvalue weighted by molar-refractivity contribution is 0.0601. The summed E-state index contributed by atoms with van der Waals surface area (Å²) in [7, 11) is 1.37. The van der Waals surface area contributed by atoms with Gasteiger partial charge in [0.25, 0.3) is 0 Å².